The smallest absolute Gasteiger partial charge is 0.160 e. The van der Waals surface area contributed by atoms with Crippen LogP contribution in [0.4, 0.5) is 0 Å². The molecular weight excluding hydrogens is 266 g/mol. The molecule has 1 atom stereocenters. The van der Waals surface area contributed by atoms with Crippen LogP contribution < -0.4 is 0 Å². The summed E-state index contributed by atoms with van der Waals surface area (Å²) in [6, 6.07) is 0. The second-order valence-corrected chi connectivity index (χ2v) is 8.29. The van der Waals surface area contributed by atoms with Gasteiger partial charge in [0.05, 0.1) is 5.75 Å². The zero-order valence-electron chi connectivity index (χ0n) is 11.6. The Morgan fingerprint density at radius 1 is 1.32 bits per heavy atom. The maximum Gasteiger partial charge on any atom is 0.160 e. The number of hydrogen-bond donors (Lipinski definition) is 1. The molecule has 2 heterocycles. The molecule has 6 nitrogen and oxygen atoms in total. The van der Waals surface area contributed by atoms with E-state index in [0.29, 0.717) is 18.1 Å². The maximum atomic E-state index is 12.2. The van der Waals surface area contributed by atoms with Gasteiger partial charge in [-0.2, -0.15) is 0 Å². The average Bonchev–Trinajstić information content (AvgIpc) is 2.71. The second-order valence-electron chi connectivity index (χ2n) is 5.99. The van der Waals surface area contributed by atoms with Crippen LogP contribution in [-0.2, 0) is 22.0 Å². The fraction of sp³-hybridized carbons (Fsp3) is 0.833. The van der Waals surface area contributed by atoms with Gasteiger partial charge in [-0.1, -0.05) is 6.42 Å². The van der Waals surface area contributed by atoms with Crippen LogP contribution in [0, 0.1) is 0 Å². The van der Waals surface area contributed by atoms with Crippen molar-refractivity contribution in [2.75, 3.05) is 5.75 Å². The largest absolute Gasteiger partial charge is 0.388 e. The molecule has 19 heavy (non-hydrogen) atoms. The third-order valence-corrected chi connectivity index (χ3v) is 5.61. The van der Waals surface area contributed by atoms with Crippen molar-refractivity contribution in [3.63, 3.8) is 0 Å². The molecule has 1 aromatic heterocycles. The SMILES string of the molecule is CC(C)(C)n1c(CO)nnc1C1CCCCS1(=O)=O. The lowest BCUT2D eigenvalue weighted by atomic mass is 10.1. The Balaban J connectivity index is 2.54. The van der Waals surface area contributed by atoms with Gasteiger partial charge in [-0.3, -0.25) is 0 Å². The highest BCUT2D eigenvalue weighted by Gasteiger charge is 2.37. The summed E-state index contributed by atoms with van der Waals surface area (Å²) in [5, 5.41) is 16.7. The van der Waals surface area contributed by atoms with Crippen LogP contribution in [0.5, 0.6) is 0 Å². The minimum Gasteiger partial charge on any atom is -0.388 e. The molecular formula is C12H21N3O3S. The molecule has 0 bridgehead atoms. The summed E-state index contributed by atoms with van der Waals surface area (Å²) in [5.41, 5.74) is -0.357. The fourth-order valence-electron chi connectivity index (χ4n) is 2.62. The predicted molar refractivity (Wildman–Crippen MR) is 71.3 cm³/mol. The molecule has 0 aromatic carbocycles. The summed E-state index contributed by atoms with van der Waals surface area (Å²) in [6.07, 6.45) is 2.19. The highest BCUT2D eigenvalue weighted by molar-refractivity contribution is 7.91. The van der Waals surface area contributed by atoms with Gasteiger partial charge >= 0.3 is 0 Å². The lowest BCUT2D eigenvalue weighted by Gasteiger charge is -2.29. The average molecular weight is 287 g/mol. The van der Waals surface area contributed by atoms with Gasteiger partial charge in [-0.05, 0) is 33.6 Å². The van der Waals surface area contributed by atoms with Crippen LogP contribution in [0.3, 0.4) is 0 Å². The molecule has 0 spiro atoms. The van der Waals surface area contributed by atoms with Gasteiger partial charge in [0.15, 0.2) is 21.5 Å². The standard InChI is InChI=1S/C12H21N3O3S/c1-12(2,3)15-10(8-16)13-14-11(15)9-6-4-5-7-19(9,17)18/h9,16H,4-8H2,1-3H3. The molecule has 1 saturated heterocycles. The van der Waals surface area contributed by atoms with Gasteiger partial charge in [0.25, 0.3) is 0 Å². The first-order valence-corrected chi connectivity index (χ1v) is 8.26. The molecule has 1 aliphatic rings. The highest BCUT2D eigenvalue weighted by atomic mass is 32.2. The molecule has 7 heteroatoms. The molecule has 0 radical (unpaired) electrons. The Hall–Kier alpha value is -0.950. The van der Waals surface area contributed by atoms with Crippen molar-refractivity contribution < 1.29 is 13.5 Å². The minimum atomic E-state index is -3.16. The number of aliphatic hydroxyl groups excluding tert-OH is 1. The summed E-state index contributed by atoms with van der Waals surface area (Å²) in [6.45, 7) is 5.62. The third-order valence-electron chi connectivity index (χ3n) is 3.43. The van der Waals surface area contributed by atoms with Gasteiger partial charge in [-0.25, -0.2) is 8.42 Å². The minimum absolute atomic E-state index is 0.211. The third kappa shape index (κ3) is 2.67. The van der Waals surface area contributed by atoms with Gasteiger partial charge in [-0.15, -0.1) is 10.2 Å². The Bertz CT molecular complexity index is 557. The molecule has 1 unspecified atom stereocenters. The molecule has 108 valence electrons. The summed E-state index contributed by atoms with van der Waals surface area (Å²) >= 11 is 0. The van der Waals surface area contributed by atoms with E-state index in [1.807, 2.05) is 20.8 Å². The van der Waals surface area contributed by atoms with Crippen LogP contribution in [0.1, 0.15) is 56.9 Å². The van der Waals surface area contributed by atoms with Gasteiger partial charge in [0.2, 0.25) is 0 Å². The normalized spacial score (nSPS) is 23.5. The number of nitrogens with zero attached hydrogens (tertiary/aromatic N) is 3. The lowest BCUT2D eigenvalue weighted by Crippen LogP contribution is -2.31. The summed E-state index contributed by atoms with van der Waals surface area (Å²) < 4.78 is 26.2. The molecule has 1 N–H and O–H groups in total. The summed E-state index contributed by atoms with van der Waals surface area (Å²) in [5.74, 6) is 1.10. The zero-order chi connectivity index (χ0) is 14.3. The molecule has 1 fully saturated rings. The Morgan fingerprint density at radius 3 is 2.53 bits per heavy atom. The van der Waals surface area contributed by atoms with Crippen LogP contribution >= 0.6 is 0 Å². The van der Waals surface area contributed by atoms with Crippen molar-refractivity contribution in [3.8, 4) is 0 Å². The lowest BCUT2D eigenvalue weighted by molar-refractivity contribution is 0.247. The van der Waals surface area contributed by atoms with E-state index in [2.05, 4.69) is 10.2 Å². The van der Waals surface area contributed by atoms with E-state index in [4.69, 9.17) is 0 Å². The first-order chi connectivity index (χ1) is 8.77. The number of hydrogen-bond acceptors (Lipinski definition) is 5. The van der Waals surface area contributed by atoms with E-state index in [1.54, 1.807) is 4.57 Å². The molecule has 2 rings (SSSR count). The Morgan fingerprint density at radius 2 is 2.00 bits per heavy atom. The van der Waals surface area contributed by atoms with Crippen LogP contribution in [-0.4, -0.2) is 34.0 Å². The van der Waals surface area contributed by atoms with Crippen LogP contribution in [0.2, 0.25) is 0 Å². The summed E-state index contributed by atoms with van der Waals surface area (Å²) in [4.78, 5) is 0. The van der Waals surface area contributed by atoms with E-state index in [9.17, 15) is 13.5 Å². The summed E-state index contributed by atoms with van der Waals surface area (Å²) in [7, 11) is -3.16. The van der Waals surface area contributed by atoms with Gasteiger partial charge in [0.1, 0.15) is 11.9 Å². The molecule has 1 aliphatic heterocycles. The van der Waals surface area contributed by atoms with Crippen molar-refractivity contribution in [3.05, 3.63) is 11.6 Å². The Kier molecular flexibility index (Phi) is 3.70. The number of aliphatic hydroxyl groups is 1. The Labute approximate surface area is 113 Å². The van der Waals surface area contributed by atoms with E-state index >= 15 is 0 Å². The van der Waals surface area contributed by atoms with Crippen molar-refractivity contribution in [1.29, 1.82) is 0 Å². The van der Waals surface area contributed by atoms with Gasteiger partial charge < -0.3 is 9.67 Å². The van der Waals surface area contributed by atoms with E-state index in [1.165, 1.54) is 0 Å². The van der Waals surface area contributed by atoms with Crippen LogP contribution in [0.25, 0.3) is 0 Å². The number of sulfone groups is 1. The first kappa shape index (κ1) is 14.5. The van der Waals surface area contributed by atoms with E-state index in [-0.39, 0.29) is 17.9 Å². The molecule has 1 aromatic rings. The second kappa shape index (κ2) is 4.86. The molecule has 0 amide bonds. The van der Waals surface area contributed by atoms with Gasteiger partial charge in [0, 0.05) is 5.54 Å². The highest BCUT2D eigenvalue weighted by Crippen LogP contribution is 2.34. The van der Waals surface area contributed by atoms with Crippen molar-refractivity contribution >= 4 is 9.84 Å². The fourth-order valence-corrected chi connectivity index (χ4v) is 4.51. The van der Waals surface area contributed by atoms with E-state index < -0.39 is 15.1 Å². The zero-order valence-corrected chi connectivity index (χ0v) is 12.4. The first-order valence-electron chi connectivity index (χ1n) is 6.54. The van der Waals surface area contributed by atoms with Crippen molar-refractivity contribution in [2.45, 2.75) is 57.4 Å². The molecule has 0 aliphatic carbocycles. The predicted octanol–water partition coefficient (Wildman–Crippen LogP) is 1.17. The van der Waals surface area contributed by atoms with Crippen LogP contribution in [0.15, 0.2) is 0 Å². The molecule has 0 saturated carbocycles. The van der Waals surface area contributed by atoms with Crippen molar-refractivity contribution in [2.24, 2.45) is 0 Å². The number of rotatable bonds is 2. The monoisotopic (exact) mass is 287 g/mol. The maximum absolute atomic E-state index is 12.2. The van der Waals surface area contributed by atoms with Crippen molar-refractivity contribution in [1.82, 2.24) is 14.8 Å². The van der Waals surface area contributed by atoms with E-state index in [0.717, 1.165) is 12.8 Å². The topological polar surface area (TPSA) is 85.1 Å². The number of aromatic nitrogens is 3. The quantitative estimate of drug-likeness (QED) is 0.882.